The Morgan fingerprint density at radius 3 is 2.58 bits per heavy atom. The Morgan fingerprint density at radius 2 is 2.00 bits per heavy atom. The number of benzene rings is 1. The lowest BCUT2D eigenvalue weighted by molar-refractivity contribution is -0.274. The van der Waals surface area contributed by atoms with E-state index in [0.29, 0.717) is 25.2 Å². The normalized spacial score (nSPS) is 22.2. The van der Waals surface area contributed by atoms with Crippen LogP contribution in [0.5, 0.6) is 5.75 Å². The number of likely N-dealkylation sites (tertiary alicyclic amines) is 1. The number of alkyl halides is 3. The van der Waals surface area contributed by atoms with Crippen molar-refractivity contribution in [3.05, 3.63) is 48.0 Å². The van der Waals surface area contributed by atoms with Gasteiger partial charge in [-0.2, -0.15) is 0 Å². The van der Waals surface area contributed by atoms with Gasteiger partial charge in [-0.05, 0) is 35.4 Å². The average Bonchev–Trinajstić information content (AvgIpc) is 3.02. The van der Waals surface area contributed by atoms with Crippen molar-refractivity contribution < 1.29 is 32.6 Å². The molecular formula is C20H21F3N4O4. The lowest BCUT2D eigenvalue weighted by Gasteiger charge is -2.24. The van der Waals surface area contributed by atoms with E-state index >= 15 is 0 Å². The second-order valence-corrected chi connectivity index (χ2v) is 7.98. The largest absolute Gasteiger partial charge is 0.573 e. The molecule has 2 heterocycles. The van der Waals surface area contributed by atoms with Crippen molar-refractivity contribution in [2.45, 2.75) is 12.9 Å². The molecule has 0 bridgehead atoms. The number of carbonyl (C=O) groups excluding carboxylic acids is 1. The molecule has 1 saturated carbocycles. The van der Waals surface area contributed by atoms with E-state index in [4.69, 9.17) is 5.11 Å². The number of carboxylic acid groups (broad SMARTS) is 1. The monoisotopic (exact) mass is 438 g/mol. The molecule has 1 aromatic carbocycles. The Balaban J connectivity index is 1.49. The molecule has 0 spiro atoms. The van der Waals surface area contributed by atoms with Crippen LogP contribution in [0.3, 0.4) is 0 Å². The number of halogens is 3. The van der Waals surface area contributed by atoms with E-state index in [0.717, 1.165) is 0 Å². The molecule has 4 rings (SSSR count). The number of carbonyl (C=O) groups is 2. The zero-order valence-electron chi connectivity index (χ0n) is 16.6. The van der Waals surface area contributed by atoms with Gasteiger partial charge in [0.25, 0.3) is 5.91 Å². The summed E-state index contributed by atoms with van der Waals surface area (Å²) in [5, 5.41) is 9.12. The van der Waals surface area contributed by atoms with Crippen molar-refractivity contribution in [2.24, 2.45) is 24.8 Å². The number of hydrogen-bond donors (Lipinski definition) is 1. The molecule has 1 N–H and O–H groups in total. The van der Waals surface area contributed by atoms with Gasteiger partial charge in [0.1, 0.15) is 11.4 Å². The fraction of sp³-hybridized carbons (Fsp3) is 0.450. The number of nitrogens with zero attached hydrogens (tertiary/aromatic N) is 4. The van der Waals surface area contributed by atoms with E-state index in [1.807, 2.05) is 0 Å². The van der Waals surface area contributed by atoms with E-state index in [9.17, 15) is 22.8 Å². The molecule has 1 aliphatic carbocycles. The van der Waals surface area contributed by atoms with Crippen molar-refractivity contribution in [3.63, 3.8) is 0 Å². The first-order valence-corrected chi connectivity index (χ1v) is 9.70. The van der Waals surface area contributed by atoms with Crippen LogP contribution in [-0.2, 0) is 13.6 Å². The topological polar surface area (TPSA) is 87.9 Å². The molecule has 8 nitrogen and oxygen atoms in total. The Labute approximate surface area is 175 Å². The first-order chi connectivity index (χ1) is 14.6. The van der Waals surface area contributed by atoms with Gasteiger partial charge in [-0.1, -0.05) is 12.1 Å². The minimum Gasteiger partial charge on any atom is -0.465 e. The molecule has 1 aromatic heterocycles. The third kappa shape index (κ3) is 4.75. The Morgan fingerprint density at radius 1 is 1.29 bits per heavy atom. The molecule has 2 unspecified atom stereocenters. The van der Waals surface area contributed by atoms with Crippen LogP contribution >= 0.6 is 0 Å². The number of ether oxygens (including phenoxy) is 1. The van der Waals surface area contributed by atoms with Crippen LogP contribution in [0.1, 0.15) is 16.1 Å². The highest BCUT2D eigenvalue weighted by Crippen LogP contribution is 2.52. The van der Waals surface area contributed by atoms with Crippen LogP contribution in [0, 0.1) is 17.8 Å². The van der Waals surface area contributed by atoms with Crippen LogP contribution in [0.4, 0.5) is 18.0 Å². The zero-order valence-corrected chi connectivity index (χ0v) is 16.6. The Kier molecular flexibility index (Phi) is 5.28. The number of aromatic nitrogens is 2. The molecule has 2 fully saturated rings. The molecule has 2 atom stereocenters. The van der Waals surface area contributed by atoms with Gasteiger partial charge in [-0.15, -0.1) is 13.2 Å². The molecule has 0 radical (unpaired) electrons. The Hall–Kier alpha value is -3.24. The molecule has 166 valence electrons. The number of rotatable bonds is 6. The lowest BCUT2D eigenvalue weighted by Crippen LogP contribution is -2.36. The van der Waals surface area contributed by atoms with E-state index in [-0.39, 0.29) is 41.6 Å². The minimum atomic E-state index is -4.80. The van der Waals surface area contributed by atoms with Crippen molar-refractivity contribution in [2.75, 3.05) is 19.6 Å². The Bertz CT molecular complexity index is 981. The highest BCUT2D eigenvalue weighted by Gasteiger charge is 2.57. The van der Waals surface area contributed by atoms with Crippen molar-refractivity contribution in [1.29, 1.82) is 0 Å². The summed E-state index contributed by atoms with van der Waals surface area (Å²) in [5.41, 5.74) is 0.729. The van der Waals surface area contributed by atoms with Crippen molar-refractivity contribution >= 4 is 12.0 Å². The maximum atomic E-state index is 13.1. The zero-order chi connectivity index (χ0) is 22.3. The molecule has 2 aromatic rings. The van der Waals surface area contributed by atoms with Gasteiger partial charge in [0, 0.05) is 39.4 Å². The fourth-order valence-electron chi connectivity index (χ4n) is 4.30. The summed E-state index contributed by atoms with van der Waals surface area (Å²) < 4.78 is 43.3. The highest BCUT2D eigenvalue weighted by molar-refractivity contribution is 5.92. The highest BCUT2D eigenvalue weighted by atomic mass is 19.4. The third-order valence-electron chi connectivity index (χ3n) is 5.79. The number of fused-ring (bicyclic) bond motifs is 1. The van der Waals surface area contributed by atoms with Gasteiger partial charge < -0.3 is 24.2 Å². The van der Waals surface area contributed by atoms with Crippen LogP contribution < -0.4 is 4.74 Å². The summed E-state index contributed by atoms with van der Waals surface area (Å²) in [6, 6.07) is 5.53. The van der Waals surface area contributed by atoms with Crippen LogP contribution in [0.25, 0.3) is 0 Å². The summed E-state index contributed by atoms with van der Waals surface area (Å²) in [7, 11) is 1.73. The summed E-state index contributed by atoms with van der Waals surface area (Å²) in [6.45, 7) is 1.34. The predicted octanol–water partition coefficient (Wildman–Crippen LogP) is 2.82. The van der Waals surface area contributed by atoms with Gasteiger partial charge in [0.05, 0.1) is 6.33 Å². The van der Waals surface area contributed by atoms with Gasteiger partial charge in [-0.3, -0.25) is 4.79 Å². The SMILES string of the molecule is Cn1cnc(C(=O)N(Cc2cccc(OC(F)(F)F)c2)CC2C3CN(C(=O)O)CC32)c1. The van der Waals surface area contributed by atoms with E-state index in [1.54, 1.807) is 28.8 Å². The fourth-order valence-corrected chi connectivity index (χ4v) is 4.30. The standard InChI is InChI=1S/C20H21F3N4O4/c1-25-10-17(24-11-25)18(28)26(7-14-15-8-27(19(29)30)9-16(14)15)6-12-3-2-4-13(5-12)31-20(21,22)23/h2-5,10-11,14-16H,6-9H2,1H3,(H,29,30). The maximum absolute atomic E-state index is 13.1. The van der Waals surface area contributed by atoms with E-state index in [1.165, 1.54) is 29.4 Å². The van der Waals surface area contributed by atoms with E-state index < -0.39 is 12.5 Å². The quantitative estimate of drug-likeness (QED) is 0.750. The first-order valence-electron chi connectivity index (χ1n) is 9.70. The summed E-state index contributed by atoms with van der Waals surface area (Å²) in [5.74, 6) is -0.152. The van der Waals surface area contributed by atoms with Crippen molar-refractivity contribution in [3.8, 4) is 5.75 Å². The van der Waals surface area contributed by atoms with Gasteiger partial charge >= 0.3 is 12.5 Å². The molecule has 2 amide bonds. The number of aryl methyl sites for hydroxylation is 1. The summed E-state index contributed by atoms with van der Waals surface area (Å²) in [6.07, 6.45) is -2.67. The van der Waals surface area contributed by atoms with Crippen LogP contribution in [0.2, 0.25) is 0 Å². The molecular weight excluding hydrogens is 417 g/mol. The van der Waals surface area contributed by atoms with Crippen LogP contribution in [0.15, 0.2) is 36.8 Å². The first kappa shape index (κ1) is 21.0. The summed E-state index contributed by atoms with van der Waals surface area (Å²) in [4.78, 5) is 31.2. The second-order valence-electron chi connectivity index (χ2n) is 7.98. The maximum Gasteiger partial charge on any atom is 0.573 e. The molecule has 11 heteroatoms. The predicted molar refractivity (Wildman–Crippen MR) is 101 cm³/mol. The van der Waals surface area contributed by atoms with Gasteiger partial charge in [0.2, 0.25) is 0 Å². The number of amides is 2. The molecule has 1 saturated heterocycles. The third-order valence-corrected chi connectivity index (χ3v) is 5.79. The molecule has 31 heavy (non-hydrogen) atoms. The van der Waals surface area contributed by atoms with Crippen LogP contribution in [-0.4, -0.2) is 62.5 Å². The molecule has 2 aliphatic rings. The smallest absolute Gasteiger partial charge is 0.465 e. The summed E-state index contributed by atoms with van der Waals surface area (Å²) >= 11 is 0. The number of piperidine rings is 1. The minimum absolute atomic E-state index is 0.0864. The lowest BCUT2D eigenvalue weighted by atomic mass is 10.1. The number of imidazole rings is 1. The average molecular weight is 438 g/mol. The number of hydrogen-bond acceptors (Lipinski definition) is 4. The second kappa shape index (κ2) is 7.78. The van der Waals surface area contributed by atoms with Crippen molar-refractivity contribution in [1.82, 2.24) is 19.4 Å². The van der Waals surface area contributed by atoms with Gasteiger partial charge in [-0.25, -0.2) is 9.78 Å². The van der Waals surface area contributed by atoms with Gasteiger partial charge in [0.15, 0.2) is 0 Å². The molecule has 1 aliphatic heterocycles. The van der Waals surface area contributed by atoms with E-state index in [2.05, 4.69) is 9.72 Å².